The summed E-state index contributed by atoms with van der Waals surface area (Å²) in [4.78, 5) is 0. The van der Waals surface area contributed by atoms with Crippen LogP contribution in [0.5, 0.6) is 0 Å². The van der Waals surface area contributed by atoms with E-state index in [9.17, 15) is 0 Å². The van der Waals surface area contributed by atoms with Gasteiger partial charge in [0.1, 0.15) is 6.67 Å². The van der Waals surface area contributed by atoms with E-state index in [1.807, 2.05) is 31.0 Å². The molecule has 0 atom stereocenters. The van der Waals surface area contributed by atoms with Gasteiger partial charge in [-0.15, -0.1) is 0 Å². The highest BCUT2D eigenvalue weighted by Gasteiger charge is 2.16. The molecule has 2 rings (SSSR count). The molecule has 0 unspecified atom stereocenters. The van der Waals surface area contributed by atoms with E-state index < -0.39 is 0 Å². The van der Waals surface area contributed by atoms with E-state index >= 15 is 0 Å². The summed E-state index contributed by atoms with van der Waals surface area (Å²) in [6, 6.07) is 8.35. The van der Waals surface area contributed by atoms with Crippen molar-refractivity contribution in [1.82, 2.24) is 15.4 Å². The number of hydrogen-bond donors (Lipinski definition) is 0. The van der Waals surface area contributed by atoms with Crippen LogP contribution in [0, 0.1) is 0 Å². The fraction of sp³-hybridized carbons (Fsp3) is 0.357. The molecule has 0 bridgehead atoms. The molecule has 1 radical (unpaired) electrons. The Labute approximate surface area is 109 Å². The Bertz CT molecular complexity index is 473. The maximum Gasteiger partial charge on any atom is 0.193 e. The zero-order chi connectivity index (χ0) is 13.1. The summed E-state index contributed by atoms with van der Waals surface area (Å²) in [6.45, 7) is 4.88. The summed E-state index contributed by atoms with van der Waals surface area (Å²) in [5.41, 5.74) is 7.98. The monoisotopic (exact) mass is 243 g/mol. The Balaban J connectivity index is 2.24. The number of benzene rings is 1. The third-order valence-electron chi connectivity index (χ3n) is 2.97. The van der Waals surface area contributed by atoms with Crippen LogP contribution >= 0.6 is 0 Å². The third kappa shape index (κ3) is 2.71. The van der Waals surface area contributed by atoms with Crippen molar-refractivity contribution in [2.24, 2.45) is 5.10 Å². The Hall–Kier alpha value is -1.81. The van der Waals surface area contributed by atoms with Crippen LogP contribution in [0.15, 0.2) is 35.4 Å². The van der Waals surface area contributed by atoms with Crippen LogP contribution in [0.2, 0.25) is 0 Å². The molecule has 0 fully saturated rings. The fourth-order valence-corrected chi connectivity index (χ4v) is 1.87. The first-order chi connectivity index (χ1) is 8.60. The Morgan fingerprint density at radius 3 is 2.39 bits per heavy atom. The van der Waals surface area contributed by atoms with Crippen molar-refractivity contribution in [1.29, 1.82) is 0 Å². The maximum atomic E-state index is 4.42. The van der Waals surface area contributed by atoms with Gasteiger partial charge in [0.25, 0.3) is 0 Å². The zero-order valence-electron chi connectivity index (χ0n) is 11.4. The average Bonchev–Trinajstić information content (AvgIpc) is 2.37. The van der Waals surface area contributed by atoms with Crippen molar-refractivity contribution in [2.75, 3.05) is 20.8 Å². The molecule has 0 saturated carbocycles. The van der Waals surface area contributed by atoms with Gasteiger partial charge in [-0.05, 0) is 25.0 Å². The Morgan fingerprint density at radius 2 is 1.83 bits per heavy atom. The van der Waals surface area contributed by atoms with Crippen LogP contribution < -0.4 is 5.43 Å². The van der Waals surface area contributed by atoms with E-state index in [2.05, 4.69) is 47.8 Å². The maximum absolute atomic E-state index is 4.42. The molecule has 1 aliphatic heterocycles. The van der Waals surface area contributed by atoms with Crippen molar-refractivity contribution < 1.29 is 0 Å². The number of nitrogens with zero attached hydrogens (tertiary/aromatic N) is 4. The molecule has 1 aromatic carbocycles. The Morgan fingerprint density at radius 1 is 1.17 bits per heavy atom. The molecule has 1 aliphatic rings. The van der Waals surface area contributed by atoms with Gasteiger partial charge in [-0.1, -0.05) is 30.3 Å². The van der Waals surface area contributed by atoms with E-state index in [1.165, 1.54) is 11.1 Å². The van der Waals surface area contributed by atoms with Crippen LogP contribution in [0.3, 0.4) is 0 Å². The molecular weight excluding hydrogens is 224 g/mol. The van der Waals surface area contributed by atoms with Gasteiger partial charge in [0, 0.05) is 19.7 Å². The minimum absolute atomic E-state index is 0.721. The summed E-state index contributed by atoms with van der Waals surface area (Å²) in [5, 5.41) is 8.19. The zero-order valence-corrected chi connectivity index (χ0v) is 11.4. The lowest BCUT2D eigenvalue weighted by atomic mass is 10.1. The summed E-state index contributed by atoms with van der Waals surface area (Å²) >= 11 is 0. The molecule has 0 aliphatic carbocycles. The second-order valence-electron chi connectivity index (χ2n) is 4.53. The van der Waals surface area contributed by atoms with Crippen LogP contribution in [0.1, 0.15) is 25.0 Å². The SMILES string of the molecule is C/C=C(/C)c1ccc(C2=NN(C)CN(C)[N]2)cc1. The molecule has 4 heteroatoms. The van der Waals surface area contributed by atoms with Gasteiger partial charge in [0.2, 0.25) is 0 Å². The number of allylic oxidation sites excluding steroid dienone is 2. The van der Waals surface area contributed by atoms with Crippen molar-refractivity contribution >= 4 is 11.4 Å². The fourth-order valence-electron chi connectivity index (χ4n) is 1.87. The standard InChI is InChI=1S/C14H19N4/c1-5-11(2)12-6-8-13(9-7-12)14-15-17(3)10-18(4)16-14/h5-9H,10H2,1-4H3/b11-5-. The normalized spacial score (nSPS) is 17.4. The van der Waals surface area contributed by atoms with E-state index in [0.717, 1.165) is 18.1 Å². The van der Waals surface area contributed by atoms with E-state index in [1.54, 1.807) is 0 Å². The second kappa shape index (κ2) is 5.23. The van der Waals surface area contributed by atoms with Gasteiger partial charge >= 0.3 is 0 Å². The van der Waals surface area contributed by atoms with Gasteiger partial charge in [-0.3, -0.25) is 5.01 Å². The topological polar surface area (TPSA) is 32.9 Å². The molecule has 0 spiro atoms. The highest BCUT2D eigenvalue weighted by atomic mass is 15.7. The van der Waals surface area contributed by atoms with E-state index in [-0.39, 0.29) is 0 Å². The summed E-state index contributed by atoms with van der Waals surface area (Å²) in [7, 11) is 3.90. The smallest absolute Gasteiger partial charge is 0.193 e. The Kier molecular flexibility index (Phi) is 3.67. The largest absolute Gasteiger partial charge is 0.282 e. The molecule has 0 amide bonds. The molecule has 1 aromatic rings. The molecule has 95 valence electrons. The molecular formula is C14H19N4. The summed E-state index contributed by atoms with van der Waals surface area (Å²) in [6.07, 6.45) is 2.11. The molecule has 4 nitrogen and oxygen atoms in total. The lowest BCUT2D eigenvalue weighted by Crippen LogP contribution is -2.44. The first-order valence-corrected chi connectivity index (χ1v) is 6.06. The van der Waals surface area contributed by atoms with Crippen LogP contribution in [-0.2, 0) is 0 Å². The predicted octanol–water partition coefficient (Wildman–Crippen LogP) is 2.13. The van der Waals surface area contributed by atoms with Gasteiger partial charge in [0.05, 0.1) is 0 Å². The summed E-state index contributed by atoms with van der Waals surface area (Å²) < 4.78 is 0. The highest BCUT2D eigenvalue weighted by Crippen LogP contribution is 2.15. The summed E-state index contributed by atoms with van der Waals surface area (Å²) in [5.74, 6) is 0.760. The van der Waals surface area contributed by atoms with Crippen molar-refractivity contribution in [2.45, 2.75) is 13.8 Å². The minimum Gasteiger partial charge on any atom is -0.282 e. The number of rotatable bonds is 2. The second-order valence-corrected chi connectivity index (χ2v) is 4.53. The number of hydrogen-bond acceptors (Lipinski definition) is 3. The van der Waals surface area contributed by atoms with Crippen LogP contribution in [-0.4, -0.2) is 36.6 Å². The molecule has 1 heterocycles. The van der Waals surface area contributed by atoms with Gasteiger partial charge < -0.3 is 0 Å². The van der Waals surface area contributed by atoms with Gasteiger partial charge in [-0.2, -0.15) is 15.5 Å². The van der Waals surface area contributed by atoms with Crippen LogP contribution in [0.25, 0.3) is 5.57 Å². The highest BCUT2D eigenvalue weighted by molar-refractivity contribution is 5.98. The molecule has 0 aromatic heterocycles. The quantitative estimate of drug-likeness (QED) is 0.797. The average molecular weight is 243 g/mol. The number of amidine groups is 1. The third-order valence-corrected chi connectivity index (χ3v) is 2.97. The molecule has 18 heavy (non-hydrogen) atoms. The lowest BCUT2D eigenvalue weighted by Gasteiger charge is -2.27. The molecule has 0 N–H and O–H groups in total. The number of hydrazone groups is 1. The predicted molar refractivity (Wildman–Crippen MR) is 74.8 cm³/mol. The van der Waals surface area contributed by atoms with E-state index in [0.29, 0.717) is 0 Å². The van der Waals surface area contributed by atoms with Crippen LogP contribution in [0.4, 0.5) is 0 Å². The van der Waals surface area contributed by atoms with Crippen molar-refractivity contribution in [3.8, 4) is 0 Å². The van der Waals surface area contributed by atoms with E-state index in [4.69, 9.17) is 0 Å². The van der Waals surface area contributed by atoms with Crippen molar-refractivity contribution in [3.05, 3.63) is 41.5 Å². The molecule has 0 saturated heterocycles. The van der Waals surface area contributed by atoms with Gasteiger partial charge in [0.15, 0.2) is 5.84 Å². The first kappa shape index (κ1) is 12.6. The van der Waals surface area contributed by atoms with Crippen molar-refractivity contribution in [3.63, 3.8) is 0 Å². The lowest BCUT2D eigenvalue weighted by molar-refractivity contribution is 0.137. The first-order valence-electron chi connectivity index (χ1n) is 6.06. The van der Waals surface area contributed by atoms with Gasteiger partial charge in [-0.25, -0.2) is 0 Å². The minimum atomic E-state index is 0.721.